The molecule has 0 bridgehead atoms. The summed E-state index contributed by atoms with van der Waals surface area (Å²) in [6, 6.07) is -4.44. The van der Waals surface area contributed by atoms with Crippen LogP contribution in [0.5, 0.6) is 0 Å². The van der Waals surface area contributed by atoms with Gasteiger partial charge in [-0.05, 0) is 12.8 Å². The molecular weight excluding hydrogens is 394 g/mol. The number of hydrogen-bond donors (Lipinski definition) is 8. The maximum absolute atomic E-state index is 12.4. The average Bonchev–Trinajstić information content (AvgIpc) is 2.64. The number of carboxylic acid groups (broad SMARTS) is 2. The summed E-state index contributed by atoms with van der Waals surface area (Å²) in [5.74, 6) is -6.29. The number of aliphatic hydroxyl groups is 1. The van der Waals surface area contributed by atoms with Gasteiger partial charge in [-0.2, -0.15) is 0 Å². The van der Waals surface area contributed by atoms with Crippen molar-refractivity contribution in [2.45, 2.75) is 43.8 Å². The van der Waals surface area contributed by atoms with Gasteiger partial charge in [0.15, 0.2) is 0 Å². The Balaban J connectivity index is 5.35. The molecule has 0 spiro atoms. The highest BCUT2D eigenvalue weighted by Gasteiger charge is 2.29. The normalized spacial score (nSPS) is 13.4. The molecule has 3 unspecified atom stereocenters. The molecule has 0 heterocycles. The van der Waals surface area contributed by atoms with E-state index in [-0.39, 0.29) is 19.3 Å². The van der Waals surface area contributed by atoms with Crippen LogP contribution in [0.15, 0.2) is 0 Å². The van der Waals surface area contributed by atoms with Crippen LogP contribution in [0.3, 0.4) is 0 Å². The quantitative estimate of drug-likeness (QED) is 0.134. The first kappa shape index (κ1) is 25.7. The number of carboxylic acids is 2. The van der Waals surface area contributed by atoms with Gasteiger partial charge in [0.2, 0.25) is 23.6 Å². The Morgan fingerprint density at radius 3 is 1.69 bits per heavy atom. The average molecular weight is 419 g/mol. The summed E-state index contributed by atoms with van der Waals surface area (Å²) < 4.78 is 0. The van der Waals surface area contributed by atoms with Crippen molar-refractivity contribution in [2.75, 3.05) is 13.2 Å². The predicted molar refractivity (Wildman–Crippen MR) is 94.9 cm³/mol. The van der Waals surface area contributed by atoms with E-state index < -0.39 is 73.3 Å². The lowest BCUT2D eigenvalue weighted by Gasteiger charge is -2.23. The molecule has 0 saturated carbocycles. The van der Waals surface area contributed by atoms with Crippen LogP contribution in [-0.2, 0) is 28.8 Å². The molecule has 0 rings (SSSR count). The third-order valence-electron chi connectivity index (χ3n) is 3.59. The fourth-order valence-corrected chi connectivity index (χ4v) is 2.08. The lowest BCUT2D eigenvalue weighted by molar-refractivity contribution is -0.143. The van der Waals surface area contributed by atoms with Crippen LogP contribution in [0.1, 0.15) is 25.7 Å². The molecule has 4 amide bonds. The lowest BCUT2D eigenvalue weighted by Crippen LogP contribution is -2.56. The summed E-state index contributed by atoms with van der Waals surface area (Å²) in [6.07, 6.45) is -1.44. The van der Waals surface area contributed by atoms with Crippen molar-refractivity contribution in [1.29, 1.82) is 0 Å². The summed E-state index contributed by atoms with van der Waals surface area (Å²) in [7, 11) is 0. The molecule has 164 valence electrons. The minimum Gasteiger partial charge on any atom is -0.481 e. The Morgan fingerprint density at radius 2 is 1.28 bits per heavy atom. The zero-order valence-corrected chi connectivity index (χ0v) is 15.4. The van der Waals surface area contributed by atoms with Crippen LogP contribution in [0.2, 0.25) is 0 Å². The molecule has 0 aromatic carbocycles. The zero-order valence-electron chi connectivity index (χ0n) is 15.4. The number of carbonyl (C=O) groups is 6. The molecule has 0 aliphatic carbocycles. The zero-order chi connectivity index (χ0) is 22.6. The highest BCUT2D eigenvalue weighted by atomic mass is 16.4. The molecule has 0 saturated heterocycles. The van der Waals surface area contributed by atoms with E-state index in [4.69, 9.17) is 26.8 Å². The van der Waals surface area contributed by atoms with Gasteiger partial charge in [0.05, 0.1) is 13.2 Å². The van der Waals surface area contributed by atoms with Crippen LogP contribution in [0, 0.1) is 0 Å². The number of amides is 4. The van der Waals surface area contributed by atoms with Crippen LogP contribution >= 0.6 is 0 Å². The van der Waals surface area contributed by atoms with E-state index in [0.717, 1.165) is 0 Å². The SMILES string of the molecule is NCC(=O)NC(CCC(=O)O)C(=O)NC(CCC(N)=O)C(=O)NC(CO)C(=O)O. The Hall–Kier alpha value is -3.26. The number of nitrogens with two attached hydrogens (primary N) is 2. The number of primary amides is 1. The van der Waals surface area contributed by atoms with Crippen molar-refractivity contribution in [3.05, 3.63) is 0 Å². The number of aliphatic carboxylic acids is 2. The molecule has 0 radical (unpaired) electrons. The van der Waals surface area contributed by atoms with Gasteiger partial charge in [-0.1, -0.05) is 0 Å². The van der Waals surface area contributed by atoms with Crippen molar-refractivity contribution >= 4 is 35.6 Å². The van der Waals surface area contributed by atoms with Gasteiger partial charge in [0, 0.05) is 12.8 Å². The van der Waals surface area contributed by atoms with E-state index in [2.05, 4.69) is 10.6 Å². The van der Waals surface area contributed by atoms with Gasteiger partial charge in [-0.15, -0.1) is 0 Å². The number of hydrogen-bond acceptors (Lipinski definition) is 8. The lowest BCUT2D eigenvalue weighted by atomic mass is 10.1. The smallest absolute Gasteiger partial charge is 0.328 e. The third-order valence-corrected chi connectivity index (χ3v) is 3.59. The highest BCUT2D eigenvalue weighted by Crippen LogP contribution is 2.03. The third kappa shape index (κ3) is 10.6. The number of carbonyl (C=O) groups excluding carboxylic acids is 4. The number of aliphatic hydroxyl groups excluding tert-OH is 1. The van der Waals surface area contributed by atoms with Crippen molar-refractivity contribution < 1.29 is 44.1 Å². The van der Waals surface area contributed by atoms with E-state index in [9.17, 15) is 28.8 Å². The Labute approximate surface area is 165 Å². The number of rotatable bonds is 14. The van der Waals surface area contributed by atoms with E-state index in [0.29, 0.717) is 0 Å². The first-order valence-electron chi connectivity index (χ1n) is 8.45. The topological polar surface area (TPSA) is 251 Å². The summed E-state index contributed by atoms with van der Waals surface area (Å²) in [6.45, 7) is -1.40. The second-order valence-electron chi connectivity index (χ2n) is 5.90. The van der Waals surface area contributed by atoms with Gasteiger partial charge in [0.1, 0.15) is 18.1 Å². The Kier molecular flexibility index (Phi) is 11.5. The molecule has 10 N–H and O–H groups in total. The Bertz CT molecular complexity index is 640. The van der Waals surface area contributed by atoms with Crippen molar-refractivity contribution in [1.82, 2.24) is 16.0 Å². The summed E-state index contributed by atoms with van der Waals surface area (Å²) >= 11 is 0. The minimum atomic E-state index is -1.66. The van der Waals surface area contributed by atoms with E-state index in [1.165, 1.54) is 0 Å². The largest absolute Gasteiger partial charge is 0.481 e. The molecule has 0 aliphatic rings. The standard InChI is InChI=1S/C15H25N5O9/c16-5-11(23)18-7(2-4-12(24)25)13(26)19-8(1-3-10(17)22)14(27)20-9(6-21)15(28)29/h7-9,21H,1-6,16H2,(H2,17,22)(H,18,23)(H,19,26)(H,20,27)(H,24,25)(H,28,29). The molecule has 14 nitrogen and oxygen atoms in total. The summed E-state index contributed by atoms with van der Waals surface area (Å²) in [4.78, 5) is 68.9. The molecular formula is C15H25N5O9. The molecule has 0 aliphatic heterocycles. The maximum Gasteiger partial charge on any atom is 0.328 e. The van der Waals surface area contributed by atoms with E-state index in [1.807, 2.05) is 5.32 Å². The van der Waals surface area contributed by atoms with Crippen LogP contribution in [0.25, 0.3) is 0 Å². The molecule has 3 atom stereocenters. The van der Waals surface area contributed by atoms with Crippen molar-refractivity contribution in [3.8, 4) is 0 Å². The Morgan fingerprint density at radius 1 is 0.793 bits per heavy atom. The van der Waals surface area contributed by atoms with Crippen molar-refractivity contribution in [3.63, 3.8) is 0 Å². The second-order valence-corrected chi connectivity index (χ2v) is 5.90. The second kappa shape index (κ2) is 13.0. The predicted octanol–water partition coefficient (Wildman–Crippen LogP) is -4.39. The van der Waals surface area contributed by atoms with Crippen LogP contribution in [0.4, 0.5) is 0 Å². The van der Waals surface area contributed by atoms with Crippen LogP contribution in [-0.4, -0.2) is 82.2 Å². The molecule has 0 aromatic heterocycles. The molecule has 29 heavy (non-hydrogen) atoms. The molecule has 0 aromatic rings. The van der Waals surface area contributed by atoms with E-state index >= 15 is 0 Å². The van der Waals surface area contributed by atoms with Gasteiger partial charge in [-0.3, -0.25) is 24.0 Å². The first-order valence-corrected chi connectivity index (χ1v) is 8.45. The monoisotopic (exact) mass is 419 g/mol. The summed E-state index contributed by atoms with van der Waals surface area (Å²) in [5.41, 5.74) is 10.2. The van der Waals surface area contributed by atoms with Crippen molar-refractivity contribution in [2.24, 2.45) is 11.5 Å². The summed E-state index contributed by atoms with van der Waals surface area (Å²) in [5, 5.41) is 33.0. The van der Waals surface area contributed by atoms with Crippen LogP contribution < -0.4 is 27.4 Å². The minimum absolute atomic E-state index is 0.304. The fraction of sp³-hybridized carbons (Fsp3) is 0.600. The first-order chi connectivity index (χ1) is 13.5. The van der Waals surface area contributed by atoms with Gasteiger partial charge in [-0.25, -0.2) is 4.79 Å². The highest BCUT2D eigenvalue weighted by molar-refractivity contribution is 5.94. The molecule has 0 fully saturated rings. The maximum atomic E-state index is 12.4. The van der Waals surface area contributed by atoms with Gasteiger partial charge >= 0.3 is 11.9 Å². The molecule has 14 heteroatoms. The van der Waals surface area contributed by atoms with Gasteiger partial charge in [0.25, 0.3) is 0 Å². The van der Waals surface area contributed by atoms with E-state index in [1.54, 1.807) is 0 Å². The number of nitrogens with one attached hydrogen (secondary N) is 3. The fourth-order valence-electron chi connectivity index (χ4n) is 2.08. The van der Waals surface area contributed by atoms with Gasteiger partial charge < -0.3 is 42.7 Å².